The molecule has 2 N–H and O–H groups in total. The molecule has 0 amide bonds. The first-order chi connectivity index (χ1) is 22.5. The Kier molecular flexibility index (Phi) is 24.0. The number of phosphoric ester groups is 1. The van der Waals surface area contributed by atoms with E-state index in [0.29, 0.717) is 0 Å². The fourth-order valence-corrected chi connectivity index (χ4v) is 4.95. The maximum absolute atomic E-state index is 10.8. The summed E-state index contributed by atoms with van der Waals surface area (Å²) in [4.78, 5) is 17.6. The van der Waals surface area contributed by atoms with Crippen molar-refractivity contribution in [2.75, 3.05) is 20.3 Å². The van der Waals surface area contributed by atoms with E-state index < -0.39 is 7.82 Å². The molecule has 0 fully saturated rings. The van der Waals surface area contributed by atoms with Gasteiger partial charge in [0, 0.05) is 7.11 Å². The van der Waals surface area contributed by atoms with Gasteiger partial charge in [-0.1, -0.05) is 0 Å². The van der Waals surface area contributed by atoms with Crippen LogP contribution >= 0.6 is 7.82 Å². The highest BCUT2D eigenvalue weighted by Crippen LogP contribution is 2.35. The van der Waals surface area contributed by atoms with Crippen LogP contribution in [-0.4, -0.2) is 128 Å². The van der Waals surface area contributed by atoms with Gasteiger partial charge in [0.2, 0.25) is 0 Å². The van der Waals surface area contributed by atoms with Crippen molar-refractivity contribution < 1.29 is 61.5 Å². The summed E-state index contributed by atoms with van der Waals surface area (Å²) >= 11 is 0. The zero-order chi connectivity index (χ0) is 38.2. The summed E-state index contributed by atoms with van der Waals surface area (Å²) in [6.07, 6.45) is -2.80. The molecule has 16 atom stereocenters. The lowest BCUT2D eigenvalue weighted by molar-refractivity contribution is -0.187. The van der Waals surface area contributed by atoms with Crippen LogP contribution in [0.3, 0.4) is 0 Å². The van der Waals surface area contributed by atoms with Crippen molar-refractivity contribution >= 4 is 7.82 Å². The van der Waals surface area contributed by atoms with E-state index in [4.69, 9.17) is 52.4 Å². The molecular weight excluding hydrogens is 659 g/mol. The van der Waals surface area contributed by atoms with Gasteiger partial charge >= 0.3 is 7.82 Å². The molecule has 0 bridgehead atoms. The maximum Gasteiger partial charge on any atom is 0.469 e. The van der Waals surface area contributed by atoms with Crippen LogP contribution in [0.4, 0.5) is 0 Å². The maximum atomic E-state index is 10.8. The Labute approximate surface area is 297 Å². The van der Waals surface area contributed by atoms with Crippen molar-refractivity contribution in [2.24, 2.45) is 0 Å². The molecule has 0 saturated carbocycles. The molecule has 0 aromatic rings. The van der Waals surface area contributed by atoms with Crippen molar-refractivity contribution in [2.45, 2.75) is 208 Å². The summed E-state index contributed by atoms with van der Waals surface area (Å²) < 4.78 is 69.8. The SMILES string of the molecule is COC(C)C(C)OC(C)C(C)OC(C)C(C)OC(C)C(C)OC(C)C(C)OC(C)C(C)OC(C)C(C)OC(C)C(C)OCCOP(=O)(O)O. The Bertz CT molecular complexity index is 894. The number of ether oxygens (including phenoxy) is 9. The van der Waals surface area contributed by atoms with Crippen LogP contribution in [0.1, 0.15) is 111 Å². The average Bonchev–Trinajstić information content (AvgIpc) is 3.01. The monoisotopic (exact) mass is 732 g/mol. The molecule has 296 valence electrons. The summed E-state index contributed by atoms with van der Waals surface area (Å²) in [6.45, 7) is 31.4. The van der Waals surface area contributed by atoms with Gasteiger partial charge in [-0.05, 0) is 111 Å². The highest BCUT2D eigenvalue weighted by molar-refractivity contribution is 7.46. The van der Waals surface area contributed by atoms with Gasteiger partial charge in [0.05, 0.1) is 111 Å². The predicted octanol–water partition coefficient (Wildman–Crippen LogP) is 6.09. The average molecular weight is 733 g/mol. The van der Waals surface area contributed by atoms with Crippen LogP contribution < -0.4 is 0 Å². The molecule has 0 aliphatic rings. The number of hydrogen-bond acceptors (Lipinski definition) is 11. The first-order valence-electron chi connectivity index (χ1n) is 17.9. The van der Waals surface area contributed by atoms with Crippen LogP contribution in [0.5, 0.6) is 0 Å². The highest BCUT2D eigenvalue weighted by atomic mass is 31.2. The van der Waals surface area contributed by atoms with E-state index in [1.54, 1.807) is 7.11 Å². The Balaban J connectivity index is 4.70. The van der Waals surface area contributed by atoms with Gasteiger partial charge in [-0.3, -0.25) is 4.52 Å². The Morgan fingerprint density at radius 1 is 0.367 bits per heavy atom. The first-order valence-corrected chi connectivity index (χ1v) is 19.5. The minimum absolute atomic E-state index is 0.00181. The molecule has 13 nitrogen and oxygen atoms in total. The van der Waals surface area contributed by atoms with E-state index in [-0.39, 0.29) is 111 Å². The third-order valence-electron chi connectivity index (χ3n) is 9.39. The van der Waals surface area contributed by atoms with Crippen LogP contribution in [0.15, 0.2) is 0 Å². The van der Waals surface area contributed by atoms with E-state index in [2.05, 4.69) is 4.52 Å². The quantitative estimate of drug-likeness (QED) is 0.0706. The zero-order valence-electron chi connectivity index (χ0n) is 33.5. The van der Waals surface area contributed by atoms with Gasteiger partial charge in [0.1, 0.15) is 0 Å². The normalized spacial score (nSPS) is 22.8. The van der Waals surface area contributed by atoms with Gasteiger partial charge in [0.15, 0.2) is 0 Å². The molecule has 0 aromatic heterocycles. The van der Waals surface area contributed by atoms with Crippen molar-refractivity contribution in [3.63, 3.8) is 0 Å². The Hall–Kier alpha value is -0.250. The minimum Gasteiger partial charge on any atom is -0.379 e. The predicted molar refractivity (Wildman–Crippen MR) is 190 cm³/mol. The van der Waals surface area contributed by atoms with Gasteiger partial charge in [-0.2, -0.15) is 0 Å². The fourth-order valence-electron chi connectivity index (χ4n) is 4.64. The summed E-state index contributed by atoms with van der Waals surface area (Å²) in [5.74, 6) is 0. The summed E-state index contributed by atoms with van der Waals surface area (Å²) in [6, 6.07) is 0. The molecular formula is C35H73O13P. The second kappa shape index (κ2) is 24.1. The summed E-state index contributed by atoms with van der Waals surface area (Å²) in [5.41, 5.74) is 0. The molecule has 14 heteroatoms. The van der Waals surface area contributed by atoms with E-state index in [1.807, 2.05) is 111 Å². The van der Waals surface area contributed by atoms with Gasteiger partial charge in [-0.15, -0.1) is 0 Å². The number of methoxy groups -OCH3 is 1. The van der Waals surface area contributed by atoms with E-state index in [9.17, 15) is 4.57 Å². The third kappa shape index (κ3) is 20.5. The highest BCUT2D eigenvalue weighted by Gasteiger charge is 2.29. The lowest BCUT2D eigenvalue weighted by Gasteiger charge is -2.34. The van der Waals surface area contributed by atoms with E-state index in [0.717, 1.165) is 0 Å². The van der Waals surface area contributed by atoms with E-state index in [1.165, 1.54) is 0 Å². The van der Waals surface area contributed by atoms with Crippen LogP contribution in [-0.2, 0) is 51.7 Å². The lowest BCUT2D eigenvalue weighted by atomic mass is 10.1. The van der Waals surface area contributed by atoms with Gasteiger partial charge in [0.25, 0.3) is 0 Å². The topological polar surface area (TPSA) is 150 Å². The Morgan fingerprint density at radius 2 is 0.571 bits per heavy atom. The lowest BCUT2D eigenvalue weighted by Crippen LogP contribution is -2.42. The minimum atomic E-state index is -4.51. The molecule has 0 spiro atoms. The van der Waals surface area contributed by atoms with Gasteiger partial charge < -0.3 is 52.4 Å². The second-order valence-corrected chi connectivity index (χ2v) is 14.9. The largest absolute Gasteiger partial charge is 0.469 e. The second-order valence-electron chi connectivity index (χ2n) is 13.7. The molecule has 0 heterocycles. The molecule has 0 aliphatic heterocycles. The molecule has 0 rings (SSSR count). The third-order valence-corrected chi connectivity index (χ3v) is 9.91. The van der Waals surface area contributed by atoms with Crippen molar-refractivity contribution in [3.8, 4) is 0 Å². The molecule has 0 saturated heterocycles. The van der Waals surface area contributed by atoms with Crippen molar-refractivity contribution in [3.05, 3.63) is 0 Å². The molecule has 0 aromatic carbocycles. The van der Waals surface area contributed by atoms with E-state index >= 15 is 0 Å². The van der Waals surface area contributed by atoms with Crippen LogP contribution in [0, 0.1) is 0 Å². The molecule has 0 radical (unpaired) electrons. The molecule has 16 unspecified atom stereocenters. The first kappa shape index (κ1) is 48.8. The smallest absolute Gasteiger partial charge is 0.379 e. The van der Waals surface area contributed by atoms with Crippen LogP contribution in [0.2, 0.25) is 0 Å². The summed E-state index contributed by atoms with van der Waals surface area (Å²) in [5, 5.41) is 0. The molecule has 0 aliphatic carbocycles. The zero-order valence-corrected chi connectivity index (χ0v) is 34.4. The molecule has 49 heavy (non-hydrogen) atoms. The Morgan fingerprint density at radius 3 is 0.776 bits per heavy atom. The van der Waals surface area contributed by atoms with Gasteiger partial charge in [-0.25, -0.2) is 4.57 Å². The number of rotatable bonds is 28. The van der Waals surface area contributed by atoms with Crippen LogP contribution in [0.25, 0.3) is 0 Å². The summed E-state index contributed by atoms with van der Waals surface area (Å²) in [7, 11) is -2.83. The fraction of sp³-hybridized carbons (Fsp3) is 1.00. The number of phosphoric acid groups is 1. The van der Waals surface area contributed by atoms with Crippen molar-refractivity contribution in [1.82, 2.24) is 0 Å². The number of hydrogen-bond donors (Lipinski definition) is 2. The van der Waals surface area contributed by atoms with Crippen molar-refractivity contribution in [1.29, 1.82) is 0 Å². The standard InChI is InChI=1S/C35H73O13P/c1-20(39-17)22(3)42-24(5)26(7)44-28(9)30(11)46-32(13)34(15)48-35(16)33(14)47-31(12)29(10)45-27(8)25(6)43-23(4)21(2)40-18-19-41-49(36,37)38/h20-35H,18-19H2,1-17H3,(H2,36,37,38).